The molecule has 0 unspecified atom stereocenters. The van der Waals surface area contributed by atoms with Crippen molar-refractivity contribution in [2.75, 3.05) is 26.7 Å². The molecule has 2 aliphatic rings. The third-order valence-corrected chi connectivity index (χ3v) is 5.40. The van der Waals surface area contributed by atoms with Gasteiger partial charge in [0.15, 0.2) is 5.82 Å². The Balaban J connectivity index is 1.56. The van der Waals surface area contributed by atoms with Gasteiger partial charge in [-0.3, -0.25) is 4.79 Å². The summed E-state index contributed by atoms with van der Waals surface area (Å²) in [6.07, 6.45) is 4.38. The number of H-pyrrole nitrogens is 1. The minimum atomic E-state index is 0.0230. The maximum Gasteiger partial charge on any atom is 0.289 e. The highest BCUT2D eigenvalue weighted by Gasteiger charge is 2.44. The fourth-order valence-electron chi connectivity index (χ4n) is 4.26. The number of rotatable bonds is 2. The highest BCUT2D eigenvalue weighted by molar-refractivity contribution is 5.90. The van der Waals surface area contributed by atoms with Gasteiger partial charge in [-0.25, -0.2) is 4.98 Å². The zero-order valence-electron chi connectivity index (χ0n) is 13.4. The highest BCUT2D eigenvalue weighted by Crippen LogP contribution is 2.40. The van der Waals surface area contributed by atoms with Gasteiger partial charge in [-0.05, 0) is 19.0 Å². The summed E-state index contributed by atoms with van der Waals surface area (Å²) in [7, 11) is 2.21. The van der Waals surface area contributed by atoms with E-state index in [0.717, 1.165) is 26.1 Å². The van der Waals surface area contributed by atoms with Gasteiger partial charge in [0, 0.05) is 49.9 Å². The molecule has 1 N–H and O–H groups in total. The van der Waals surface area contributed by atoms with Gasteiger partial charge < -0.3 is 14.8 Å². The topological polar surface area (TPSA) is 52.2 Å². The van der Waals surface area contributed by atoms with Gasteiger partial charge in [0.1, 0.15) is 0 Å². The number of benzene rings is 1. The van der Waals surface area contributed by atoms with Gasteiger partial charge in [0.25, 0.3) is 5.91 Å². The molecule has 0 aliphatic carbocycles. The molecule has 0 saturated carbocycles. The Morgan fingerprint density at radius 1 is 1.26 bits per heavy atom. The van der Waals surface area contributed by atoms with Crippen molar-refractivity contribution in [3.05, 3.63) is 54.1 Å². The first-order chi connectivity index (χ1) is 11.2. The van der Waals surface area contributed by atoms with Gasteiger partial charge in [-0.15, -0.1) is 0 Å². The lowest BCUT2D eigenvalue weighted by Gasteiger charge is -2.38. The molecule has 23 heavy (non-hydrogen) atoms. The van der Waals surface area contributed by atoms with Crippen LogP contribution in [0.3, 0.4) is 0 Å². The Bertz CT molecular complexity index is 670. The number of imidazole rings is 1. The molecule has 0 spiro atoms. The van der Waals surface area contributed by atoms with Gasteiger partial charge in [-0.2, -0.15) is 0 Å². The summed E-state index contributed by atoms with van der Waals surface area (Å²) < 4.78 is 0. The van der Waals surface area contributed by atoms with E-state index in [0.29, 0.717) is 23.7 Å². The molecule has 3 heterocycles. The van der Waals surface area contributed by atoms with Crippen molar-refractivity contribution in [2.45, 2.75) is 18.4 Å². The lowest BCUT2D eigenvalue weighted by molar-refractivity contribution is 0.0597. The molecule has 3 atom stereocenters. The summed E-state index contributed by atoms with van der Waals surface area (Å²) in [5.41, 5.74) is 1.39. The van der Waals surface area contributed by atoms with Crippen molar-refractivity contribution in [2.24, 2.45) is 5.92 Å². The smallest absolute Gasteiger partial charge is 0.289 e. The lowest BCUT2D eigenvalue weighted by Crippen LogP contribution is -2.48. The van der Waals surface area contributed by atoms with E-state index in [1.807, 2.05) is 4.90 Å². The number of aromatic amines is 1. The quantitative estimate of drug-likeness (QED) is 0.922. The Labute approximate surface area is 136 Å². The Morgan fingerprint density at radius 2 is 2.09 bits per heavy atom. The third kappa shape index (κ3) is 2.55. The van der Waals surface area contributed by atoms with Crippen LogP contribution < -0.4 is 0 Å². The van der Waals surface area contributed by atoms with E-state index in [2.05, 4.69) is 52.2 Å². The second-order valence-corrected chi connectivity index (χ2v) is 6.67. The number of piperidine rings is 1. The second-order valence-electron chi connectivity index (χ2n) is 6.67. The molecule has 1 aromatic heterocycles. The largest absolute Gasteiger partial charge is 0.341 e. The van der Waals surface area contributed by atoms with Crippen LogP contribution >= 0.6 is 0 Å². The van der Waals surface area contributed by atoms with Gasteiger partial charge in [0.2, 0.25) is 0 Å². The number of fused-ring (bicyclic) bond motifs is 1. The number of nitrogens with one attached hydrogen (secondary N) is 1. The van der Waals surface area contributed by atoms with Gasteiger partial charge in [0.05, 0.1) is 0 Å². The monoisotopic (exact) mass is 310 g/mol. The van der Waals surface area contributed by atoms with Crippen LogP contribution in [0.5, 0.6) is 0 Å². The number of carbonyl (C=O) groups is 1. The lowest BCUT2D eigenvalue weighted by atomic mass is 9.82. The second kappa shape index (κ2) is 5.81. The summed E-state index contributed by atoms with van der Waals surface area (Å²) >= 11 is 0. The molecule has 1 aromatic carbocycles. The van der Waals surface area contributed by atoms with Crippen molar-refractivity contribution in [3.63, 3.8) is 0 Å². The zero-order valence-corrected chi connectivity index (χ0v) is 13.4. The number of hydrogen-bond donors (Lipinski definition) is 1. The molecule has 2 fully saturated rings. The Morgan fingerprint density at radius 3 is 2.83 bits per heavy atom. The first kappa shape index (κ1) is 14.5. The number of amides is 1. The predicted molar refractivity (Wildman–Crippen MR) is 88.2 cm³/mol. The first-order valence-electron chi connectivity index (χ1n) is 8.28. The van der Waals surface area contributed by atoms with E-state index in [4.69, 9.17) is 0 Å². The Hall–Kier alpha value is -2.14. The molecule has 120 valence electrons. The van der Waals surface area contributed by atoms with E-state index >= 15 is 0 Å². The van der Waals surface area contributed by atoms with Crippen LogP contribution in [-0.2, 0) is 0 Å². The van der Waals surface area contributed by atoms with Crippen LogP contribution in [0.25, 0.3) is 0 Å². The summed E-state index contributed by atoms with van der Waals surface area (Å²) in [6, 6.07) is 11.3. The molecule has 5 heteroatoms. The van der Waals surface area contributed by atoms with E-state index in [9.17, 15) is 4.79 Å². The molecular formula is C18H22N4O. The van der Waals surface area contributed by atoms with Crippen molar-refractivity contribution < 1.29 is 4.79 Å². The molecule has 4 rings (SSSR count). The molecule has 0 radical (unpaired) electrons. The normalized spacial score (nSPS) is 27.9. The van der Waals surface area contributed by atoms with Crippen LogP contribution in [0.15, 0.2) is 42.7 Å². The zero-order chi connectivity index (χ0) is 15.8. The summed E-state index contributed by atoms with van der Waals surface area (Å²) in [6.45, 7) is 2.70. The predicted octanol–water partition coefficient (Wildman–Crippen LogP) is 1.97. The maximum atomic E-state index is 12.6. The minimum Gasteiger partial charge on any atom is -0.341 e. The van der Waals surface area contributed by atoms with Crippen molar-refractivity contribution >= 4 is 5.91 Å². The SMILES string of the molecule is CN1C[C@H](c2ccccc2)[C@H]2CN(C(=O)c3ncc[nH]3)CC[C@H]21. The van der Waals surface area contributed by atoms with Crippen LogP contribution in [0.2, 0.25) is 0 Å². The average molecular weight is 310 g/mol. The number of carbonyl (C=O) groups excluding carboxylic acids is 1. The number of aromatic nitrogens is 2. The molecular weight excluding hydrogens is 288 g/mol. The maximum absolute atomic E-state index is 12.6. The molecule has 5 nitrogen and oxygen atoms in total. The molecule has 0 bridgehead atoms. The number of hydrogen-bond acceptors (Lipinski definition) is 3. The average Bonchev–Trinajstić information content (AvgIpc) is 3.23. The fraction of sp³-hybridized carbons (Fsp3) is 0.444. The molecule has 2 aromatic rings. The van der Waals surface area contributed by atoms with E-state index in [-0.39, 0.29) is 5.91 Å². The summed E-state index contributed by atoms with van der Waals surface area (Å²) in [5, 5.41) is 0. The van der Waals surface area contributed by atoms with Crippen molar-refractivity contribution in [1.29, 1.82) is 0 Å². The van der Waals surface area contributed by atoms with Crippen LogP contribution in [0.4, 0.5) is 0 Å². The standard InChI is InChI=1S/C18H22N4O/c1-21-11-14(13-5-3-2-4-6-13)15-12-22(10-7-16(15)21)18(23)17-19-8-9-20-17/h2-6,8-9,14-16H,7,10-12H2,1H3,(H,19,20)/t14-,15-,16-/m1/s1. The summed E-state index contributed by atoms with van der Waals surface area (Å²) in [4.78, 5) is 24.1. The minimum absolute atomic E-state index is 0.0230. The number of likely N-dealkylation sites (tertiary alicyclic amines) is 2. The van der Waals surface area contributed by atoms with Gasteiger partial charge >= 0.3 is 0 Å². The summed E-state index contributed by atoms with van der Waals surface area (Å²) in [5.74, 6) is 1.47. The first-order valence-corrected chi connectivity index (χ1v) is 8.28. The molecule has 2 aliphatic heterocycles. The number of nitrogens with zero attached hydrogens (tertiary/aromatic N) is 3. The third-order valence-electron chi connectivity index (χ3n) is 5.40. The molecule has 1 amide bonds. The Kier molecular flexibility index (Phi) is 3.65. The fourth-order valence-corrected chi connectivity index (χ4v) is 4.26. The highest BCUT2D eigenvalue weighted by atomic mass is 16.2. The van der Waals surface area contributed by atoms with E-state index < -0.39 is 0 Å². The van der Waals surface area contributed by atoms with Gasteiger partial charge in [-0.1, -0.05) is 30.3 Å². The van der Waals surface area contributed by atoms with E-state index in [1.165, 1.54) is 5.56 Å². The van der Waals surface area contributed by atoms with Crippen molar-refractivity contribution in [1.82, 2.24) is 19.8 Å². The van der Waals surface area contributed by atoms with E-state index in [1.54, 1.807) is 12.4 Å². The number of likely N-dealkylation sites (N-methyl/N-ethyl adjacent to an activating group) is 1. The molecule has 2 saturated heterocycles. The van der Waals surface area contributed by atoms with Crippen LogP contribution in [-0.4, -0.2) is 58.4 Å². The van der Waals surface area contributed by atoms with Crippen LogP contribution in [0, 0.1) is 5.92 Å². The van der Waals surface area contributed by atoms with Crippen molar-refractivity contribution in [3.8, 4) is 0 Å². The van der Waals surface area contributed by atoms with Crippen LogP contribution in [0.1, 0.15) is 28.5 Å².